The summed E-state index contributed by atoms with van der Waals surface area (Å²) in [6, 6.07) is 5.70. The molecule has 1 aliphatic heterocycles. The zero-order valence-corrected chi connectivity index (χ0v) is 18.1. The Morgan fingerprint density at radius 2 is 2.03 bits per heavy atom. The largest absolute Gasteiger partial charge is 0.418 e. The molecule has 2 aliphatic rings. The van der Waals surface area contributed by atoms with E-state index in [2.05, 4.69) is 22.5 Å². The first kappa shape index (κ1) is 22.0. The Kier molecular flexibility index (Phi) is 5.72. The van der Waals surface area contributed by atoms with Crippen molar-refractivity contribution in [3.8, 4) is 0 Å². The predicted octanol–water partition coefficient (Wildman–Crippen LogP) is 3.53. The van der Waals surface area contributed by atoms with E-state index in [1.807, 2.05) is 19.0 Å². The third-order valence-electron chi connectivity index (χ3n) is 6.46. The summed E-state index contributed by atoms with van der Waals surface area (Å²) < 4.78 is 40.9. The molecule has 0 radical (unpaired) electrons. The standard InChI is InChI=1S/C23H29F3N4O/c1-14-11-22(13-27-12-14,29-21(31)20(30(2)3)15-6-7-15)17-8-9-18(23(24,25)26)19-16(17)5-4-10-28-19/h4-5,8-10,14-15,20,27H,6-7,11-13H2,1-3H3,(H,29,31)/t14-,20?,22-/m0/s1. The summed E-state index contributed by atoms with van der Waals surface area (Å²) in [5.74, 6) is 0.508. The van der Waals surface area contributed by atoms with E-state index in [9.17, 15) is 18.0 Å². The van der Waals surface area contributed by atoms with Crippen LogP contribution < -0.4 is 10.6 Å². The molecule has 1 saturated heterocycles. The van der Waals surface area contributed by atoms with Crippen LogP contribution in [0.2, 0.25) is 0 Å². The lowest BCUT2D eigenvalue weighted by Crippen LogP contribution is -2.60. The van der Waals surface area contributed by atoms with Gasteiger partial charge in [0.25, 0.3) is 0 Å². The van der Waals surface area contributed by atoms with Crippen LogP contribution in [0.4, 0.5) is 13.2 Å². The molecule has 2 aromatic rings. The van der Waals surface area contributed by atoms with Crippen molar-refractivity contribution >= 4 is 16.8 Å². The number of carbonyl (C=O) groups excluding carboxylic acids is 1. The lowest BCUT2D eigenvalue weighted by molar-refractivity contribution is -0.136. The molecule has 31 heavy (non-hydrogen) atoms. The number of pyridine rings is 1. The molecule has 1 unspecified atom stereocenters. The summed E-state index contributed by atoms with van der Waals surface area (Å²) in [5.41, 5.74) is -0.951. The molecule has 0 spiro atoms. The second kappa shape index (κ2) is 8.06. The Hall–Kier alpha value is -2.19. The fraction of sp³-hybridized carbons (Fsp3) is 0.565. The normalized spacial score (nSPS) is 25.6. The maximum absolute atomic E-state index is 13.6. The SMILES string of the molecule is C[C@@H]1CNC[C@](NC(=O)C(C2CC2)N(C)C)(c2ccc(C(F)(F)F)c3ncccc23)C1. The van der Waals surface area contributed by atoms with Crippen LogP contribution in [0.1, 0.15) is 37.3 Å². The minimum Gasteiger partial charge on any atom is -0.344 e. The second-order valence-corrected chi connectivity index (χ2v) is 9.32. The lowest BCUT2D eigenvalue weighted by atomic mass is 9.77. The highest BCUT2D eigenvalue weighted by molar-refractivity contribution is 5.89. The van der Waals surface area contributed by atoms with Gasteiger partial charge in [-0.05, 0) is 69.4 Å². The highest BCUT2D eigenvalue weighted by Crippen LogP contribution is 2.41. The van der Waals surface area contributed by atoms with Crippen LogP contribution in [0.3, 0.4) is 0 Å². The van der Waals surface area contributed by atoms with E-state index >= 15 is 0 Å². The van der Waals surface area contributed by atoms with E-state index in [1.165, 1.54) is 12.3 Å². The number of nitrogens with zero attached hydrogens (tertiary/aromatic N) is 2. The first-order valence-electron chi connectivity index (χ1n) is 10.8. The van der Waals surface area contributed by atoms with Gasteiger partial charge in [-0.15, -0.1) is 0 Å². The molecule has 168 valence electrons. The maximum atomic E-state index is 13.6. The Labute approximate surface area is 180 Å². The zero-order chi connectivity index (χ0) is 22.4. The average molecular weight is 435 g/mol. The lowest BCUT2D eigenvalue weighted by Gasteiger charge is -2.43. The van der Waals surface area contributed by atoms with Crippen molar-refractivity contribution in [1.29, 1.82) is 0 Å². The van der Waals surface area contributed by atoms with Gasteiger partial charge in [-0.2, -0.15) is 13.2 Å². The number of likely N-dealkylation sites (N-methyl/N-ethyl adjacent to an activating group) is 1. The summed E-state index contributed by atoms with van der Waals surface area (Å²) in [6.07, 6.45) is -0.437. The number of hydrogen-bond donors (Lipinski definition) is 2. The van der Waals surface area contributed by atoms with Crippen molar-refractivity contribution in [2.75, 3.05) is 27.2 Å². The van der Waals surface area contributed by atoms with Crippen LogP contribution in [0.15, 0.2) is 30.5 Å². The van der Waals surface area contributed by atoms with Gasteiger partial charge >= 0.3 is 6.18 Å². The van der Waals surface area contributed by atoms with Crippen molar-refractivity contribution < 1.29 is 18.0 Å². The molecule has 2 heterocycles. The van der Waals surface area contributed by atoms with Gasteiger partial charge in [0.15, 0.2) is 0 Å². The van der Waals surface area contributed by atoms with Crippen LogP contribution in [0, 0.1) is 11.8 Å². The van der Waals surface area contributed by atoms with Crippen molar-refractivity contribution in [2.45, 2.75) is 43.9 Å². The molecular formula is C23H29F3N4O. The van der Waals surface area contributed by atoms with Crippen molar-refractivity contribution in [3.05, 3.63) is 41.6 Å². The minimum absolute atomic E-state index is 0.0691. The molecule has 2 N–H and O–H groups in total. The Morgan fingerprint density at radius 3 is 2.65 bits per heavy atom. The van der Waals surface area contributed by atoms with Gasteiger partial charge in [-0.25, -0.2) is 0 Å². The van der Waals surface area contributed by atoms with Crippen molar-refractivity contribution in [2.24, 2.45) is 11.8 Å². The van der Waals surface area contributed by atoms with Crippen molar-refractivity contribution in [1.82, 2.24) is 20.5 Å². The highest BCUT2D eigenvalue weighted by Gasteiger charge is 2.45. The number of hydrogen-bond acceptors (Lipinski definition) is 4. The number of aromatic nitrogens is 1. The van der Waals surface area contributed by atoms with Gasteiger partial charge in [-0.1, -0.05) is 19.1 Å². The third-order valence-corrected chi connectivity index (χ3v) is 6.46. The first-order valence-corrected chi connectivity index (χ1v) is 10.8. The van der Waals surface area contributed by atoms with E-state index in [-0.39, 0.29) is 23.4 Å². The maximum Gasteiger partial charge on any atom is 0.418 e. The Balaban J connectivity index is 1.82. The van der Waals surface area contributed by atoms with Crippen LogP contribution in [0.5, 0.6) is 0 Å². The molecule has 0 bridgehead atoms. The van der Waals surface area contributed by atoms with Crippen molar-refractivity contribution in [3.63, 3.8) is 0 Å². The summed E-state index contributed by atoms with van der Waals surface area (Å²) in [6.45, 7) is 3.35. The summed E-state index contributed by atoms with van der Waals surface area (Å²) in [5, 5.41) is 7.09. The summed E-state index contributed by atoms with van der Waals surface area (Å²) in [4.78, 5) is 19.4. The number of nitrogens with one attached hydrogen (secondary N) is 2. The molecule has 8 heteroatoms. The van der Waals surface area contributed by atoms with Gasteiger partial charge < -0.3 is 10.6 Å². The first-order chi connectivity index (χ1) is 14.6. The van der Waals surface area contributed by atoms with Crippen LogP contribution in [0.25, 0.3) is 10.9 Å². The molecule has 5 nitrogen and oxygen atoms in total. The van der Waals surface area contributed by atoms with E-state index in [0.717, 1.165) is 25.5 Å². The number of benzene rings is 1. The van der Waals surface area contributed by atoms with Gasteiger partial charge in [0, 0.05) is 18.1 Å². The fourth-order valence-electron chi connectivity index (χ4n) is 5.05. The Bertz CT molecular complexity index is 971. The summed E-state index contributed by atoms with van der Waals surface area (Å²) >= 11 is 0. The number of fused-ring (bicyclic) bond motifs is 1. The quantitative estimate of drug-likeness (QED) is 0.756. The number of piperidine rings is 1. The molecule has 1 aliphatic carbocycles. The van der Waals surface area contributed by atoms with Gasteiger partial charge in [-0.3, -0.25) is 14.7 Å². The Morgan fingerprint density at radius 1 is 1.29 bits per heavy atom. The van der Waals surface area contributed by atoms with Crippen LogP contribution in [-0.4, -0.2) is 49.0 Å². The van der Waals surface area contributed by atoms with Crippen LogP contribution >= 0.6 is 0 Å². The fourth-order valence-corrected chi connectivity index (χ4v) is 5.05. The van der Waals surface area contributed by atoms with Gasteiger partial charge in [0.1, 0.15) is 0 Å². The number of halogens is 3. The molecule has 4 rings (SSSR count). The number of carbonyl (C=O) groups is 1. The molecule has 1 aromatic heterocycles. The molecule has 1 aromatic carbocycles. The van der Waals surface area contributed by atoms with Crippen LogP contribution in [-0.2, 0) is 16.5 Å². The average Bonchev–Trinajstić information content (AvgIpc) is 3.50. The number of rotatable bonds is 5. The molecule has 2 fully saturated rings. The monoisotopic (exact) mass is 434 g/mol. The second-order valence-electron chi connectivity index (χ2n) is 9.32. The molecule has 3 atom stereocenters. The van der Waals surface area contributed by atoms with Gasteiger partial charge in [0.2, 0.25) is 5.91 Å². The number of amides is 1. The molecule has 1 amide bonds. The topological polar surface area (TPSA) is 57.3 Å². The molecular weight excluding hydrogens is 405 g/mol. The summed E-state index contributed by atoms with van der Waals surface area (Å²) in [7, 11) is 3.79. The highest BCUT2D eigenvalue weighted by atomic mass is 19.4. The smallest absolute Gasteiger partial charge is 0.344 e. The van der Waals surface area contributed by atoms with E-state index in [1.54, 1.807) is 12.1 Å². The minimum atomic E-state index is -4.50. The van der Waals surface area contributed by atoms with E-state index < -0.39 is 17.3 Å². The zero-order valence-electron chi connectivity index (χ0n) is 18.1. The third kappa shape index (κ3) is 4.28. The molecule has 1 saturated carbocycles. The van der Waals surface area contributed by atoms with Gasteiger partial charge in [0.05, 0.1) is 22.7 Å². The van der Waals surface area contributed by atoms with E-state index in [4.69, 9.17) is 0 Å². The van der Waals surface area contributed by atoms with E-state index in [0.29, 0.717) is 29.8 Å². The predicted molar refractivity (Wildman–Crippen MR) is 113 cm³/mol. The number of alkyl halides is 3.